The van der Waals surface area contributed by atoms with E-state index in [0.717, 1.165) is 17.0 Å². The van der Waals surface area contributed by atoms with Crippen LogP contribution in [0.2, 0.25) is 0 Å². The lowest BCUT2D eigenvalue weighted by molar-refractivity contribution is 0.0599. The van der Waals surface area contributed by atoms with Crippen LogP contribution in [0.25, 0.3) is 11.5 Å². The van der Waals surface area contributed by atoms with E-state index in [1.807, 2.05) is 31.2 Å². The van der Waals surface area contributed by atoms with Gasteiger partial charge in [-0.05, 0) is 38.1 Å². The Bertz CT molecular complexity index is 894. The Hall–Kier alpha value is -3.09. The molecule has 25 heavy (non-hydrogen) atoms. The molecule has 0 amide bonds. The summed E-state index contributed by atoms with van der Waals surface area (Å²) in [5.41, 5.74) is 3.42. The number of carbonyl (C=O) groups excluding carboxylic acids is 1. The smallest absolute Gasteiger partial charge is 0.341 e. The summed E-state index contributed by atoms with van der Waals surface area (Å²) in [5.74, 6) is 0.904. The van der Waals surface area contributed by atoms with Gasteiger partial charge in [0.25, 0.3) is 0 Å². The van der Waals surface area contributed by atoms with Crippen LogP contribution in [0.1, 0.15) is 27.4 Å². The van der Waals surface area contributed by atoms with Gasteiger partial charge in [0.05, 0.1) is 32.2 Å². The first-order chi connectivity index (χ1) is 12.0. The maximum absolute atomic E-state index is 11.8. The minimum absolute atomic E-state index is 0.389. The highest BCUT2D eigenvalue weighted by Gasteiger charge is 2.20. The number of rotatable bonds is 5. The Morgan fingerprint density at radius 2 is 1.92 bits per heavy atom. The number of hydrogen-bond acceptors (Lipinski definition) is 6. The summed E-state index contributed by atoms with van der Waals surface area (Å²) in [5, 5.41) is 4.40. The van der Waals surface area contributed by atoms with E-state index in [0.29, 0.717) is 29.4 Å². The maximum atomic E-state index is 11.8. The van der Waals surface area contributed by atoms with Crippen molar-refractivity contribution in [2.75, 3.05) is 14.2 Å². The van der Waals surface area contributed by atoms with Crippen LogP contribution in [0.5, 0.6) is 5.75 Å². The van der Waals surface area contributed by atoms with Crippen LogP contribution >= 0.6 is 0 Å². The summed E-state index contributed by atoms with van der Waals surface area (Å²) in [7, 11) is 2.98. The Morgan fingerprint density at radius 3 is 2.56 bits per heavy atom. The third-order valence-corrected chi connectivity index (χ3v) is 3.97. The van der Waals surface area contributed by atoms with Crippen LogP contribution in [0.4, 0.5) is 0 Å². The van der Waals surface area contributed by atoms with E-state index in [1.165, 1.54) is 7.11 Å². The van der Waals surface area contributed by atoms with Gasteiger partial charge < -0.3 is 13.9 Å². The van der Waals surface area contributed by atoms with Crippen LogP contribution in [0.15, 0.2) is 34.9 Å². The number of carbonyl (C=O) groups is 1. The molecule has 0 N–H and O–H groups in total. The first-order valence-corrected chi connectivity index (χ1v) is 7.74. The molecule has 0 aliphatic heterocycles. The third-order valence-electron chi connectivity index (χ3n) is 3.97. The largest absolute Gasteiger partial charge is 0.497 e. The summed E-state index contributed by atoms with van der Waals surface area (Å²) in [6, 6.07) is 7.46. The molecular formula is C18H19N3O4. The lowest BCUT2D eigenvalue weighted by Gasteiger charge is -2.02. The van der Waals surface area contributed by atoms with E-state index in [4.69, 9.17) is 13.9 Å². The van der Waals surface area contributed by atoms with E-state index in [2.05, 4.69) is 10.1 Å². The SMILES string of the molecule is COC(=O)c1c(C)nn(Cc2coc(-c3ccc(OC)cc3)n2)c1C. The Kier molecular flexibility index (Phi) is 4.56. The molecule has 1 aromatic carbocycles. The molecular weight excluding hydrogens is 322 g/mol. The molecule has 0 bridgehead atoms. The van der Waals surface area contributed by atoms with Gasteiger partial charge in [0, 0.05) is 5.56 Å². The lowest BCUT2D eigenvalue weighted by atomic mass is 10.2. The number of esters is 1. The quantitative estimate of drug-likeness (QED) is 0.664. The van der Waals surface area contributed by atoms with Gasteiger partial charge >= 0.3 is 5.97 Å². The van der Waals surface area contributed by atoms with E-state index in [-0.39, 0.29) is 5.97 Å². The van der Waals surface area contributed by atoms with Crippen molar-refractivity contribution in [1.82, 2.24) is 14.8 Å². The molecule has 0 saturated heterocycles. The van der Waals surface area contributed by atoms with E-state index in [9.17, 15) is 4.79 Å². The molecule has 7 nitrogen and oxygen atoms in total. The number of methoxy groups -OCH3 is 2. The van der Waals surface area contributed by atoms with Crippen LogP contribution in [-0.2, 0) is 11.3 Å². The molecule has 2 heterocycles. The van der Waals surface area contributed by atoms with Crippen LogP contribution < -0.4 is 4.74 Å². The highest BCUT2D eigenvalue weighted by Crippen LogP contribution is 2.22. The van der Waals surface area contributed by atoms with Crippen molar-refractivity contribution in [1.29, 1.82) is 0 Å². The zero-order chi connectivity index (χ0) is 18.0. The fourth-order valence-corrected chi connectivity index (χ4v) is 2.65. The van der Waals surface area contributed by atoms with Gasteiger partial charge in [-0.25, -0.2) is 9.78 Å². The monoisotopic (exact) mass is 341 g/mol. The topological polar surface area (TPSA) is 79.4 Å². The number of ether oxygens (including phenoxy) is 2. The number of hydrogen-bond donors (Lipinski definition) is 0. The molecule has 130 valence electrons. The fraction of sp³-hybridized carbons (Fsp3) is 0.278. The van der Waals surface area contributed by atoms with Gasteiger partial charge in [-0.15, -0.1) is 0 Å². The molecule has 0 unspecified atom stereocenters. The summed E-state index contributed by atoms with van der Waals surface area (Å²) < 4.78 is 17.2. The average molecular weight is 341 g/mol. The van der Waals surface area contributed by atoms with E-state index >= 15 is 0 Å². The second-order valence-electron chi connectivity index (χ2n) is 5.57. The molecule has 0 spiro atoms. The second-order valence-corrected chi connectivity index (χ2v) is 5.57. The van der Waals surface area contributed by atoms with Crippen molar-refractivity contribution < 1.29 is 18.7 Å². The standard InChI is InChI=1S/C18H19N3O4/c1-11-16(18(22)24-4)12(2)21(20-11)9-14-10-25-17(19-14)13-5-7-15(23-3)8-6-13/h5-8,10H,9H2,1-4H3. The van der Waals surface area contributed by atoms with Crippen LogP contribution in [0, 0.1) is 13.8 Å². The zero-order valence-electron chi connectivity index (χ0n) is 14.6. The highest BCUT2D eigenvalue weighted by atomic mass is 16.5. The number of benzene rings is 1. The Balaban J connectivity index is 1.83. The number of oxazole rings is 1. The molecule has 0 saturated carbocycles. The van der Waals surface area contributed by atoms with Gasteiger partial charge in [-0.3, -0.25) is 4.68 Å². The summed E-state index contributed by atoms with van der Waals surface area (Å²) in [4.78, 5) is 16.3. The predicted molar refractivity (Wildman–Crippen MR) is 90.6 cm³/mol. The molecule has 0 aliphatic rings. The predicted octanol–water partition coefficient (Wildman–Crippen LogP) is 3.00. The lowest BCUT2D eigenvalue weighted by Crippen LogP contribution is -2.07. The van der Waals surface area contributed by atoms with Crippen molar-refractivity contribution in [2.45, 2.75) is 20.4 Å². The minimum atomic E-state index is -0.389. The minimum Gasteiger partial charge on any atom is -0.497 e. The Morgan fingerprint density at radius 1 is 1.20 bits per heavy atom. The molecule has 3 rings (SSSR count). The van der Waals surface area contributed by atoms with Crippen molar-refractivity contribution in [3.05, 3.63) is 53.2 Å². The van der Waals surface area contributed by atoms with Gasteiger partial charge in [-0.1, -0.05) is 0 Å². The summed E-state index contributed by atoms with van der Waals surface area (Å²) >= 11 is 0. The number of aryl methyl sites for hydroxylation is 1. The highest BCUT2D eigenvalue weighted by molar-refractivity contribution is 5.91. The summed E-state index contributed by atoms with van der Waals surface area (Å²) in [6.45, 7) is 4.02. The molecule has 7 heteroatoms. The second kappa shape index (κ2) is 6.80. The van der Waals surface area contributed by atoms with Gasteiger partial charge in [0.1, 0.15) is 23.3 Å². The van der Waals surface area contributed by atoms with Crippen molar-refractivity contribution in [3.8, 4) is 17.2 Å². The molecule has 3 aromatic rings. The van der Waals surface area contributed by atoms with Crippen molar-refractivity contribution in [3.63, 3.8) is 0 Å². The van der Waals surface area contributed by atoms with Crippen molar-refractivity contribution in [2.24, 2.45) is 0 Å². The molecule has 0 radical (unpaired) electrons. The summed E-state index contributed by atoms with van der Waals surface area (Å²) in [6.07, 6.45) is 1.59. The fourth-order valence-electron chi connectivity index (χ4n) is 2.65. The third kappa shape index (κ3) is 3.26. The first kappa shape index (κ1) is 16.8. The maximum Gasteiger partial charge on any atom is 0.341 e. The van der Waals surface area contributed by atoms with E-state index < -0.39 is 0 Å². The van der Waals surface area contributed by atoms with Crippen LogP contribution in [0.3, 0.4) is 0 Å². The molecule has 0 aliphatic carbocycles. The molecule has 0 fully saturated rings. The van der Waals surface area contributed by atoms with Gasteiger partial charge in [0.2, 0.25) is 5.89 Å². The first-order valence-electron chi connectivity index (χ1n) is 7.74. The van der Waals surface area contributed by atoms with E-state index in [1.54, 1.807) is 25.0 Å². The number of nitrogens with zero attached hydrogens (tertiary/aromatic N) is 3. The average Bonchev–Trinajstić information content (AvgIpc) is 3.19. The van der Waals surface area contributed by atoms with Crippen LogP contribution in [-0.4, -0.2) is 35.0 Å². The van der Waals surface area contributed by atoms with Gasteiger partial charge in [-0.2, -0.15) is 5.10 Å². The zero-order valence-corrected chi connectivity index (χ0v) is 14.6. The Labute approximate surface area is 145 Å². The number of aromatic nitrogens is 3. The van der Waals surface area contributed by atoms with Crippen molar-refractivity contribution >= 4 is 5.97 Å². The molecule has 2 aromatic heterocycles. The normalized spacial score (nSPS) is 10.7. The molecule has 0 atom stereocenters. The van der Waals surface area contributed by atoms with Gasteiger partial charge in [0.15, 0.2) is 0 Å².